The van der Waals surface area contributed by atoms with E-state index in [0.29, 0.717) is 6.04 Å². The minimum Gasteiger partial charge on any atom is -0.305 e. The molecule has 1 aromatic heterocycles. The van der Waals surface area contributed by atoms with Gasteiger partial charge < -0.3 is 4.90 Å². The number of likely N-dealkylation sites (tertiary alicyclic amines) is 1. The highest BCUT2D eigenvalue weighted by atomic mass is 15.2. The summed E-state index contributed by atoms with van der Waals surface area (Å²) in [5.41, 5.74) is 3.92. The summed E-state index contributed by atoms with van der Waals surface area (Å²) in [5.74, 6) is 0.877. The van der Waals surface area contributed by atoms with Crippen LogP contribution in [0.15, 0.2) is 36.5 Å². The van der Waals surface area contributed by atoms with Crippen molar-refractivity contribution in [3.05, 3.63) is 59.2 Å². The largest absolute Gasteiger partial charge is 0.305 e. The summed E-state index contributed by atoms with van der Waals surface area (Å²) in [5, 5.41) is 0. The van der Waals surface area contributed by atoms with Crippen LogP contribution >= 0.6 is 0 Å². The van der Waals surface area contributed by atoms with Crippen molar-refractivity contribution in [3.8, 4) is 0 Å². The van der Waals surface area contributed by atoms with Gasteiger partial charge >= 0.3 is 0 Å². The third kappa shape index (κ3) is 4.19. The van der Waals surface area contributed by atoms with Gasteiger partial charge in [-0.15, -0.1) is 0 Å². The topological polar surface area (TPSA) is 32.3 Å². The molecule has 1 aliphatic heterocycles. The Balaban J connectivity index is 1.76. The van der Waals surface area contributed by atoms with E-state index in [2.05, 4.69) is 59.2 Å². The Bertz CT molecular complexity index is 654. The van der Waals surface area contributed by atoms with Crippen LogP contribution in [0.5, 0.6) is 0 Å². The van der Waals surface area contributed by atoms with Crippen molar-refractivity contribution in [2.24, 2.45) is 0 Å². The molecular formula is C20H28N4. The molecule has 1 saturated heterocycles. The lowest BCUT2D eigenvalue weighted by molar-refractivity contribution is 0.252. The molecule has 0 unspecified atom stereocenters. The Morgan fingerprint density at radius 2 is 2.00 bits per heavy atom. The molecule has 0 spiro atoms. The predicted octanol–water partition coefficient (Wildman–Crippen LogP) is 3.23. The van der Waals surface area contributed by atoms with Gasteiger partial charge in [-0.25, -0.2) is 9.97 Å². The van der Waals surface area contributed by atoms with Crippen molar-refractivity contribution < 1.29 is 0 Å². The van der Waals surface area contributed by atoms with Crippen molar-refractivity contribution in [1.29, 1.82) is 0 Å². The maximum atomic E-state index is 4.83. The van der Waals surface area contributed by atoms with Crippen LogP contribution in [0.1, 0.15) is 41.5 Å². The monoisotopic (exact) mass is 324 g/mol. The van der Waals surface area contributed by atoms with Crippen LogP contribution < -0.4 is 0 Å². The number of hydrogen-bond donors (Lipinski definition) is 0. The predicted molar refractivity (Wildman–Crippen MR) is 97.9 cm³/mol. The van der Waals surface area contributed by atoms with E-state index in [-0.39, 0.29) is 0 Å². The minimum absolute atomic E-state index is 0.436. The lowest BCUT2D eigenvalue weighted by Crippen LogP contribution is -2.28. The van der Waals surface area contributed by atoms with E-state index in [1.807, 2.05) is 13.1 Å². The Hall–Kier alpha value is -1.78. The number of nitrogens with zero attached hydrogens (tertiary/aromatic N) is 4. The van der Waals surface area contributed by atoms with Gasteiger partial charge in [0, 0.05) is 24.8 Å². The summed E-state index contributed by atoms with van der Waals surface area (Å²) in [6.45, 7) is 5.16. The van der Waals surface area contributed by atoms with E-state index >= 15 is 0 Å². The van der Waals surface area contributed by atoms with E-state index in [1.165, 1.54) is 36.2 Å². The molecule has 0 amide bonds. The molecule has 1 atom stereocenters. The lowest BCUT2D eigenvalue weighted by Gasteiger charge is -2.26. The molecule has 24 heavy (non-hydrogen) atoms. The number of hydrogen-bond acceptors (Lipinski definition) is 4. The summed E-state index contributed by atoms with van der Waals surface area (Å²) >= 11 is 0. The number of rotatable bonds is 6. The molecule has 0 radical (unpaired) electrons. The van der Waals surface area contributed by atoms with Crippen LogP contribution in [0.25, 0.3) is 0 Å². The SMILES string of the molecule is Cc1ncc(CN(C)C)c([C@H]2CCCN2CCc2ccccc2)n1. The molecule has 0 aliphatic carbocycles. The molecule has 0 N–H and O–H groups in total. The van der Waals surface area contributed by atoms with Gasteiger partial charge in [-0.3, -0.25) is 4.90 Å². The van der Waals surface area contributed by atoms with Crippen LogP contribution in [0.2, 0.25) is 0 Å². The van der Waals surface area contributed by atoms with Crippen molar-refractivity contribution in [1.82, 2.24) is 19.8 Å². The van der Waals surface area contributed by atoms with E-state index < -0.39 is 0 Å². The molecule has 0 bridgehead atoms. The Labute approximate surface area is 145 Å². The highest BCUT2D eigenvalue weighted by molar-refractivity contribution is 5.22. The van der Waals surface area contributed by atoms with Gasteiger partial charge in [0.1, 0.15) is 5.82 Å². The first-order valence-electron chi connectivity index (χ1n) is 8.88. The van der Waals surface area contributed by atoms with Gasteiger partial charge in [0.05, 0.1) is 11.7 Å². The van der Waals surface area contributed by atoms with E-state index in [4.69, 9.17) is 4.98 Å². The lowest BCUT2D eigenvalue weighted by atomic mass is 10.0. The molecule has 1 fully saturated rings. The van der Waals surface area contributed by atoms with Crippen molar-refractivity contribution in [2.45, 2.75) is 38.8 Å². The third-order valence-corrected chi connectivity index (χ3v) is 4.71. The zero-order valence-corrected chi connectivity index (χ0v) is 15.1. The molecule has 4 nitrogen and oxygen atoms in total. The van der Waals surface area contributed by atoms with E-state index in [1.54, 1.807) is 0 Å². The zero-order valence-electron chi connectivity index (χ0n) is 15.1. The van der Waals surface area contributed by atoms with Crippen LogP contribution in [-0.2, 0) is 13.0 Å². The quantitative estimate of drug-likeness (QED) is 0.817. The van der Waals surface area contributed by atoms with Crippen LogP contribution in [0.3, 0.4) is 0 Å². The summed E-state index contributed by atoms with van der Waals surface area (Å²) in [6, 6.07) is 11.2. The Kier molecular flexibility index (Phi) is 5.59. The van der Waals surface area contributed by atoms with Gasteiger partial charge in [-0.1, -0.05) is 30.3 Å². The van der Waals surface area contributed by atoms with Gasteiger partial charge in [0.25, 0.3) is 0 Å². The summed E-state index contributed by atoms with van der Waals surface area (Å²) < 4.78 is 0. The average Bonchev–Trinajstić information content (AvgIpc) is 3.03. The van der Waals surface area contributed by atoms with E-state index in [9.17, 15) is 0 Å². The second-order valence-electron chi connectivity index (χ2n) is 7.00. The van der Waals surface area contributed by atoms with Crippen LogP contribution in [-0.4, -0.2) is 47.0 Å². The molecule has 128 valence electrons. The van der Waals surface area contributed by atoms with Crippen molar-refractivity contribution in [2.75, 3.05) is 27.2 Å². The normalized spacial score (nSPS) is 18.4. The molecule has 3 rings (SSSR count). The number of benzene rings is 1. The highest BCUT2D eigenvalue weighted by Crippen LogP contribution is 2.33. The minimum atomic E-state index is 0.436. The Morgan fingerprint density at radius 3 is 2.75 bits per heavy atom. The molecule has 2 aromatic rings. The zero-order chi connectivity index (χ0) is 16.9. The molecule has 0 saturated carbocycles. The molecule has 1 aliphatic rings. The summed E-state index contributed by atoms with van der Waals surface area (Å²) in [4.78, 5) is 14.1. The van der Waals surface area contributed by atoms with Crippen molar-refractivity contribution >= 4 is 0 Å². The maximum Gasteiger partial charge on any atom is 0.125 e. The first-order valence-corrected chi connectivity index (χ1v) is 8.88. The van der Waals surface area contributed by atoms with Crippen molar-refractivity contribution in [3.63, 3.8) is 0 Å². The first kappa shape index (κ1) is 17.1. The fraction of sp³-hybridized carbons (Fsp3) is 0.500. The standard InChI is InChI=1S/C20H28N4/c1-16-21-14-18(15-23(2)3)20(22-16)19-10-7-12-24(19)13-11-17-8-5-4-6-9-17/h4-6,8-9,14,19H,7,10-13,15H2,1-3H3/t19-/m1/s1. The van der Waals surface area contributed by atoms with E-state index in [0.717, 1.165) is 25.3 Å². The fourth-order valence-electron chi connectivity index (χ4n) is 3.58. The Morgan fingerprint density at radius 1 is 1.21 bits per heavy atom. The second-order valence-corrected chi connectivity index (χ2v) is 7.00. The first-order chi connectivity index (χ1) is 11.6. The van der Waals surface area contributed by atoms with Gasteiger partial charge in [-0.2, -0.15) is 0 Å². The van der Waals surface area contributed by atoms with Gasteiger partial charge in [0.15, 0.2) is 0 Å². The molecule has 2 heterocycles. The highest BCUT2D eigenvalue weighted by Gasteiger charge is 2.29. The van der Waals surface area contributed by atoms with Crippen LogP contribution in [0, 0.1) is 6.92 Å². The summed E-state index contributed by atoms with van der Waals surface area (Å²) in [7, 11) is 4.21. The molecule has 4 heteroatoms. The van der Waals surface area contributed by atoms with Gasteiger partial charge in [0.2, 0.25) is 0 Å². The molecule has 1 aromatic carbocycles. The average molecular weight is 324 g/mol. The third-order valence-electron chi connectivity index (χ3n) is 4.71. The smallest absolute Gasteiger partial charge is 0.125 e. The molecular weight excluding hydrogens is 296 g/mol. The maximum absolute atomic E-state index is 4.83. The fourth-order valence-corrected chi connectivity index (χ4v) is 3.58. The van der Waals surface area contributed by atoms with Crippen LogP contribution in [0.4, 0.5) is 0 Å². The van der Waals surface area contributed by atoms with Gasteiger partial charge in [-0.05, 0) is 52.4 Å². The number of aromatic nitrogens is 2. The summed E-state index contributed by atoms with van der Waals surface area (Å²) in [6.07, 6.45) is 5.57. The number of aryl methyl sites for hydroxylation is 1. The second kappa shape index (κ2) is 7.86.